The summed E-state index contributed by atoms with van der Waals surface area (Å²) in [4.78, 5) is 59.7. The molecule has 2 unspecified atom stereocenters. The molecule has 0 aliphatic rings. The second-order valence-corrected chi connectivity index (χ2v) is 8.57. The summed E-state index contributed by atoms with van der Waals surface area (Å²) < 4.78 is 0. The highest BCUT2D eigenvalue weighted by molar-refractivity contribution is 8.01. The van der Waals surface area contributed by atoms with Crippen molar-refractivity contribution in [3.63, 3.8) is 0 Å². The third kappa shape index (κ3) is 13.9. The van der Waals surface area contributed by atoms with Crippen LogP contribution >= 0.6 is 11.8 Å². The molecule has 0 aliphatic carbocycles. The molecule has 0 aliphatic heterocycles. The Labute approximate surface area is 182 Å². The first-order chi connectivity index (χ1) is 14.2. The van der Waals surface area contributed by atoms with Crippen LogP contribution in [0.2, 0.25) is 0 Å². The number of nitrogens with one attached hydrogen (secondary N) is 4. The average molecular weight is 446 g/mol. The molecule has 0 fully saturated rings. The van der Waals surface area contributed by atoms with Gasteiger partial charge >= 0.3 is 0 Å². The van der Waals surface area contributed by atoms with Crippen molar-refractivity contribution in [3.05, 3.63) is 0 Å². The lowest BCUT2D eigenvalue weighted by molar-refractivity contribution is -0.131. The third-order valence-corrected chi connectivity index (χ3v) is 5.48. The zero-order chi connectivity index (χ0) is 22.9. The normalized spacial score (nSPS) is 12.4. The number of aldehydes is 1. The number of amides is 4. The van der Waals surface area contributed by atoms with Gasteiger partial charge in [-0.05, 0) is 6.42 Å². The van der Waals surface area contributed by atoms with Crippen molar-refractivity contribution in [3.8, 4) is 0 Å². The van der Waals surface area contributed by atoms with E-state index >= 15 is 0 Å². The van der Waals surface area contributed by atoms with Crippen LogP contribution in [-0.4, -0.2) is 79.0 Å². The Kier molecular flexibility index (Phi) is 15.4. The van der Waals surface area contributed by atoms with E-state index in [1.807, 2.05) is 0 Å². The lowest BCUT2D eigenvalue weighted by atomic mass is 10.2. The van der Waals surface area contributed by atoms with Crippen molar-refractivity contribution < 1.29 is 24.0 Å². The molecule has 0 rings (SSSR count). The standard InChI is InChI=1S/C19H35N5O5S/c1-5-6-7-14(2)30-15(13-25)10-19(29)24(4)9-8-16(26)21-11-17(27)22-12-18(28)23-20-3/h13-15,20H,5-12H2,1-4H3,(H,21,26)(H,22,27)(H,23,28). The second kappa shape index (κ2) is 16.6. The molecule has 0 saturated heterocycles. The molecule has 2 atom stereocenters. The Morgan fingerprint density at radius 3 is 2.30 bits per heavy atom. The number of rotatable bonds is 16. The van der Waals surface area contributed by atoms with Gasteiger partial charge in [-0.25, -0.2) is 5.43 Å². The first kappa shape index (κ1) is 27.9. The zero-order valence-corrected chi connectivity index (χ0v) is 19.1. The highest BCUT2D eigenvalue weighted by Crippen LogP contribution is 2.23. The molecule has 10 nitrogen and oxygen atoms in total. The van der Waals surface area contributed by atoms with Crippen LogP contribution in [0.4, 0.5) is 0 Å². The number of carbonyl (C=O) groups is 5. The molecule has 0 heterocycles. The maximum absolute atomic E-state index is 12.3. The Bertz CT molecular complexity index is 576. The summed E-state index contributed by atoms with van der Waals surface area (Å²) in [5.41, 5.74) is 4.73. The van der Waals surface area contributed by atoms with Gasteiger partial charge < -0.3 is 20.3 Å². The van der Waals surface area contributed by atoms with Crippen molar-refractivity contribution in [1.82, 2.24) is 26.4 Å². The van der Waals surface area contributed by atoms with E-state index in [2.05, 4.69) is 35.3 Å². The number of hydrogen-bond acceptors (Lipinski definition) is 7. The van der Waals surface area contributed by atoms with E-state index in [-0.39, 0.29) is 44.3 Å². The third-order valence-electron chi connectivity index (χ3n) is 4.16. The summed E-state index contributed by atoms with van der Waals surface area (Å²) in [7, 11) is 3.10. The minimum atomic E-state index is -0.498. The van der Waals surface area contributed by atoms with Crippen molar-refractivity contribution in [2.75, 3.05) is 33.7 Å². The molecular formula is C19H35N5O5S. The Morgan fingerprint density at radius 1 is 1.07 bits per heavy atom. The van der Waals surface area contributed by atoms with Gasteiger partial charge in [-0.1, -0.05) is 26.7 Å². The lowest BCUT2D eigenvalue weighted by Crippen LogP contribution is -2.45. The van der Waals surface area contributed by atoms with Crippen LogP contribution in [0.15, 0.2) is 0 Å². The lowest BCUT2D eigenvalue weighted by Gasteiger charge is -2.20. The van der Waals surface area contributed by atoms with Crippen molar-refractivity contribution >= 4 is 41.7 Å². The van der Waals surface area contributed by atoms with E-state index in [1.54, 1.807) is 7.05 Å². The van der Waals surface area contributed by atoms with Crippen LogP contribution in [0, 0.1) is 0 Å². The summed E-state index contributed by atoms with van der Waals surface area (Å²) in [5.74, 6) is -1.51. The van der Waals surface area contributed by atoms with Crippen LogP contribution in [0.3, 0.4) is 0 Å². The van der Waals surface area contributed by atoms with Gasteiger partial charge in [0.2, 0.25) is 17.7 Å². The number of thioether (sulfide) groups is 1. The van der Waals surface area contributed by atoms with Crippen molar-refractivity contribution in [2.24, 2.45) is 0 Å². The first-order valence-electron chi connectivity index (χ1n) is 10.1. The van der Waals surface area contributed by atoms with Gasteiger partial charge in [-0.15, -0.1) is 11.8 Å². The fraction of sp³-hybridized carbons (Fsp3) is 0.737. The van der Waals surface area contributed by atoms with Gasteiger partial charge in [0.05, 0.1) is 18.3 Å². The molecule has 0 saturated carbocycles. The van der Waals surface area contributed by atoms with E-state index in [0.29, 0.717) is 5.25 Å². The van der Waals surface area contributed by atoms with E-state index in [0.717, 1.165) is 25.5 Å². The van der Waals surface area contributed by atoms with E-state index in [9.17, 15) is 24.0 Å². The molecule has 4 N–H and O–H groups in total. The predicted octanol–water partition coefficient (Wildman–Crippen LogP) is -0.413. The predicted molar refractivity (Wildman–Crippen MR) is 117 cm³/mol. The fourth-order valence-electron chi connectivity index (χ4n) is 2.40. The zero-order valence-electron chi connectivity index (χ0n) is 18.3. The molecule has 4 amide bonds. The molecule has 0 aromatic rings. The smallest absolute Gasteiger partial charge is 0.253 e. The average Bonchev–Trinajstić information content (AvgIpc) is 2.72. The van der Waals surface area contributed by atoms with Crippen molar-refractivity contribution in [2.45, 2.75) is 56.5 Å². The van der Waals surface area contributed by atoms with Gasteiger partial charge in [-0.3, -0.25) is 24.6 Å². The maximum Gasteiger partial charge on any atom is 0.253 e. The van der Waals surface area contributed by atoms with Gasteiger partial charge in [0, 0.05) is 38.7 Å². The maximum atomic E-state index is 12.3. The summed E-state index contributed by atoms with van der Waals surface area (Å²) in [5, 5.41) is 4.70. The van der Waals surface area contributed by atoms with Crippen molar-refractivity contribution in [1.29, 1.82) is 0 Å². The Balaban J connectivity index is 4.16. The topological polar surface area (TPSA) is 137 Å². The highest BCUT2D eigenvalue weighted by Gasteiger charge is 2.20. The largest absolute Gasteiger partial charge is 0.347 e. The van der Waals surface area contributed by atoms with E-state index in [4.69, 9.17) is 0 Å². The number of hydrogen-bond donors (Lipinski definition) is 4. The highest BCUT2D eigenvalue weighted by atomic mass is 32.2. The molecule has 0 radical (unpaired) electrons. The molecule has 11 heteroatoms. The van der Waals surface area contributed by atoms with E-state index in [1.165, 1.54) is 23.7 Å². The number of hydrazine groups is 1. The van der Waals surface area contributed by atoms with Crippen LogP contribution in [0.25, 0.3) is 0 Å². The summed E-state index contributed by atoms with van der Waals surface area (Å²) >= 11 is 1.50. The van der Waals surface area contributed by atoms with Gasteiger partial charge in [0.25, 0.3) is 5.91 Å². The van der Waals surface area contributed by atoms with Gasteiger partial charge in [-0.2, -0.15) is 0 Å². The summed E-state index contributed by atoms with van der Waals surface area (Å²) in [6, 6.07) is 0. The van der Waals surface area contributed by atoms with Gasteiger partial charge in [0.1, 0.15) is 6.29 Å². The van der Waals surface area contributed by atoms with Crippen LogP contribution in [-0.2, 0) is 24.0 Å². The SMILES string of the molecule is CCCCC(C)SC(C=O)CC(=O)N(C)CCC(=O)NCC(=O)NCC(=O)NNC. The second-order valence-electron chi connectivity index (χ2n) is 6.88. The Hall–Kier alpha value is -2.14. The quantitative estimate of drug-likeness (QED) is 0.187. The number of carbonyl (C=O) groups excluding carboxylic acids is 5. The first-order valence-corrected chi connectivity index (χ1v) is 11.0. The molecule has 0 spiro atoms. The Morgan fingerprint density at radius 2 is 1.70 bits per heavy atom. The fourth-order valence-corrected chi connectivity index (χ4v) is 3.60. The van der Waals surface area contributed by atoms with E-state index < -0.39 is 17.1 Å². The monoisotopic (exact) mass is 445 g/mol. The van der Waals surface area contributed by atoms with Crippen LogP contribution < -0.4 is 21.5 Å². The number of nitrogens with zero attached hydrogens (tertiary/aromatic N) is 1. The molecular weight excluding hydrogens is 410 g/mol. The molecule has 172 valence electrons. The summed E-state index contributed by atoms with van der Waals surface area (Å²) in [6.07, 6.45) is 4.11. The molecule has 30 heavy (non-hydrogen) atoms. The van der Waals surface area contributed by atoms with Gasteiger partial charge in [0.15, 0.2) is 0 Å². The summed E-state index contributed by atoms with van der Waals surface area (Å²) in [6.45, 7) is 3.87. The molecule has 0 aromatic heterocycles. The molecule has 0 aromatic carbocycles. The van der Waals surface area contributed by atoms with Crippen LogP contribution in [0.1, 0.15) is 46.0 Å². The number of unbranched alkanes of at least 4 members (excludes halogenated alkanes) is 1. The molecule has 0 bridgehead atoms. The van der Waals surface area contributed by atoms with Crippen LogP contribution in [0.5, 0.6) is 0 Å². The minimum absolute atomic E-state index is 0.0293. The minimum Gasteiger partial charge on any atom is -0.347 e.